The number of sulfonamides is 1. The summed E-state index contributed by atoms with van der Waals surface area (Å²) in [4.78, 5) is 42.0. The van der Waals surface area contributed by atoms with E-state index >= 15 is 0 Å². The Balaban J connectivity index is 1.85. The number of benzene rings is 1. The average Bonchev–Trinajstić information content (AvgIpc) is 2.66. The van der Waals surface area contributed by atoms with Gasteiger partial charge in [0.15, 0.2) is 6.04 Å². The van der Waals surface area contributed by atoms with Crippen molar-refractivity contribution >= 4 is 45.2 Å². The SMILES string of the molecule is CN1C(=O)C(=O)C(C(=O)NCc2ccccc2Cl)N=C1N1CCCCS1(=O)=O. The van der Waals surface area contributed by atoms with E-state index in [9.17, 15) is 22.8 Å². The van der Waals surface area contributed by atoms with Gasteiger partial charge in [0, 0.05) is 25.2 Å². The molecule has 11 heteroatoms. The summed E-state index contributed by atoms with van der Waals surface area (Å²) < 4.78 is 25.7. The predicted molar refractivity (Wildman–Crippen MR) is 102 cm³/mol. The number of guanidine groups is 1. The van der Waals surface area contributed by atoms with E-state index in [4.69, 9.17) is 11.6 Å². The Hall–Kier alpha value is -2.46. The molecule has 1 unspecified atom stereocenters. The van der Waals surface area contributed by atoms with Crippen molar-refractivity contribution in [1.29, 1.82) is 0 Å². The maximum Gasteiger partial charge on any atom is 0.299 e. The van der Waals surface area contributed by atoms with Crippen LogP contribution in [0.25, 0.3) is 0 Å². The van der Waals surface area contributed by atoms with E-state index in [1.165, 1.54) is 7.05 Å². The standard InChI is InChI=1S/C17H19ClN4O5S/c1-21-16(25)14(23)13(15(24)19-10-11-6-2-3-7-12(11)18)20-17(21)22-8-4-5-9-28(22,26)27/h2-3,6-7,13H,4-5,8-10H2,1H3,(H,19,24). The molecule has 2 aliphatic rings. The summed E-state index contributed by atoms with van der Waals surface area (Å²) in [7, 11) is -2.39. The van der Waals surface area contributed by atoms with Gasteiger partial charge in [-0.2, -0.15) is 0 Å². The summed E-state index contributed by atoms with van der Waals surface area (Å²) >= 11 is 6.04. The topological polar surface area (TPSA) is 116 Å². The van der Waals surface area contributed by atoms with Gasteiger partial charge in [-0.15, -0.1) is 0 Å². The number of aliphatic imine (C=N–C) groups is 1. The van der Waals surface area contributed by atoms with Crippen LogP contribution in [-0.2, 0) is 31.0 Å². The van der Waals surface area contributed by atoms with Gasteiger partial charge < -0.3 is 5.32 Å². The number of nitrogens with one attached hydrogen (secondary N) is 1. The molecular weight excluding hydrogens is 408 g/mol. The minimum Gasteiger partial charge on any atom is -0.350 e. The zero-order valence-corrected chi connectivity index (χ0v) is 16.7. The van der Waals surface area contributed by atoms with Gasteiger partial charge in [0.25, 0.3) is 17.6 Å². The smallest absolute Gasteiger partial charge is 0.299 e. The molecule has 0 bridgehead atoms. The molecule has 2 heterocycles. The van der Waals surface area contributed by atoms with E-state index in [1.54, 1.807) is 24.3 Å². The van der Waals surface area contributed by atoms with Crippen LogP contribution in [0.1, 0.15) is 18.4 Å². The lowest BCUT2D eigenvalue weighted by atomic mass is 10.1. The molecule has 1 saturated heterocycles. The van der Waals surface area contributed by atoms with Crippen LogP contribution in [0.15, 0.2) is 29.3 Å². The molecule has 2 aliphatic heterocycles. The molecule has 2 amide bonds. The van der Waals surface area contributed by atoms with Crippen LogP contribution in [0.3, 0.4) is 0 Å². The molecule has 0 aliphatic carbocycles. The fourth-order valence-electron chi connectivity index (χ4n) is 2.98. The average molecular weight is 427 g/mol. The van der Waals surface area contributed by atoms with Gasteiger partial charge in [-0.25, -0.2) is 17.7 Å². The molecule has 0 aromatic heterocycles. The highest BCUT2D eigenvalue weighted by Crippen LogP contribution is 2.20. The van der Waals surface area contributed by atoms with E-state index in [-0.39, 0.29) is 24.8 Å². The third kappa shape index (κ3) is 3.88. The third-order valence-corrected chi connectivity index (χ3v) is 6.73. The molecule has 0 radical (unpaired) electrons. The van der Waals surface area contributed by atoms with Crippen molar-refractivity contribution in [2.45, 2.75) is 25.4 Å². The molecule has 1 aromatic carbocycles. The lowest BCUT2D eigenvalue weighted by molar-refractivity contribution is -0.145. The van der Waals surface area contributed by atoms with Gasteiger partial charge in [0.1, 0.15) is 0 Å². The number of amides is 2. The number of hydrogen-bond donors (Lipinski definition) is 1. The van der Waals surface area contributed by atoms with Gasteiger partial charge in [-0.1, -0.05) is 29.8 Å². The molecule has 0 saturated carbocycles. The second-order valence-corrected chi connectivity index (χ2v) is 8.88. The van der Waals surface area contributed by atoms with Crippen molar-refractivity contribution in [2.75, 3.05) is 19.3 Å². The quantitative estimate of drug-likeness (QED) is 0.545. The molecule has 1 fully saturated rings. The highest BCUT2D eigenvalue weighted by atomic mass is 35.5. The van der Waals surface area contributed by atoms with Crippen LogP contribution in [0, 0.1) is 0 Å². The first-order chi connectivity index (χ1) is 13.2. The first-order valence-corrected chi connectivity index (χ1v) is 10.6. The number of Topliss-reactive ketones (excluding diaryl/α,β-unsaturated/α-hetero) is 1. The molecule has 150 valence electrons. The van der Waals surface area contributed by atoms with E-state index in [0.29, 0.717) is 23.4 Å². The summed E-state index contributed by atoms with van der Waals surface area (Å²) in [5, 5.41) is 2.97. The van der Waals surface area contributed by atoms with Gasteiger partial charge in [0.2, 0.25) is 16.0 Å². The normalized spacial score (nSPS) is 22.1. The summed E-state index contributed by atoms with van der Waals surface area (Å²) in [5.41, 5.74) is 0.632. The first-order valence-electron chi connectivity index (χ1n) is 8.63. The number of likely N-dealkylation sites (N-methyl/N-ethyl adjacent to an activating group) is 1. The summed E-state index contributed by atoms with van der Waals surface area (Å²) in [6, 6.07) is 5.21. The van der Waals surface area contributed by atoms with Crippen molar-refractivity contribution in [3.8, 4) is 0 Å². The minimum absolute atomic E-state index is 0.0409. The predicted octanol–water partition coefficient (Wildman–Crippen LogP) is 0.148. The maximum absolute atomic E-state index is 12.5. The molecule has 1 atom stereocenters. The molecule has 3 rings (SSSR count). The zero-order chi connectivity index (χ0) is 20.5. The molecule has 9 nitrogen and oxygen atoms in total. The molecule has 0 spiro atoms. The molecule has 1 N–H and O–H groups in total. The summed E-state index contributed by atoms with van der Waals surface area (Å²) in [5.74, 6) is -3.08. The summed E-state index contributed by atoms with van der Waals surface area (Å²) in [6.07, 6.45) is 1.10. The lowest BCUT2D eigenvalue weighted by Gasteiger charge is -2.35. The summed E-state index contributed by atoms with van der Waals surface area (Å²) in [6.45, 7) is 0.181. The fraction of sp³-hybridized carbons (Fsp3) is 0.412. The van der Waals surface area contributed by atoms with Crippen LogP contribution in [0.4, 0.5) is 0 Å². The monoisotopic (exact) mass is 426 g/mol. The number of carbonyl (C=O) groups excluding carboxylic acids is 3. The number of nitrogens with zero attached hydrogens (tertiary/aromatic N) is 3. The second kappa shape index (κ2) is 7.88. The second-order valence-electron chi connectivity index (χ2n) is 6.46. The van der Waals surface area contributed by atoms with Crippen LogP contribution >= 0.6 is 11.6 Å². The Kier molecular flexibility index (Phi) is 5.71. The first kappa shape index (κ1) is 20.3. The van der Waals surface area contributed by atoms with E-state index in [1.807, 2.05) is 0 Å². The van der Waals surface area contributed by atoms with Crippen LogP contribution in [-0.4, -0.2) is 66.6 Å². The van der Waals surface area contributed by atoms with Gasteiger partial charge >= 0.3 is 0 Å². The fourth-order valence-corrected chi connectivity index (χ4v) is 4.80. The Morgan fingerprint density at radius 3 is 2.68 bits per heavy atom. The Labute approximate surface area is 167 Å². The highest BCUT2D eigenvalue weighted by Gasteiger charge is 2.43. The molecule has 1 aromatic rings. The number of halogens is 1. The van der Waals surface area contributed by atoms with Crippen LogP contribution in [0.5, 0.6) is 0 Å². The van der Waals surface area contributed by atoms with Crippen LogP contribution < -0.4 is 5.32 Å². The molecule has 28 heavy (non-hydrogen) atoms. The van der Waals surface area contributed by atoms with Crippen LogP contribution in [0.2, 0.25) is 5.02 Å². The van der Waals surface area contributed by atoms with Gasteiger partial charge in [-0.05, 0) is 24.5 Å². The van der Waals surface area contributed by atoms with Crippen molar-refractivity contribution in [3.05, 3.63) is 34.9 Å². The van der Waals surface area contributed by atoms with E-state index in [0.717, 1.165) is 9.21 Å². The van der Waals surface area contributed by atoms with E-state index in [2.05, 4.69) is 10.3 Å². The largest absolute Gasteiger partial charge is 0.350 e. The Morgan fingerprint density at radius 2 is 2.00 bits per heavy atom. The van der Waals surface area contributed by atoms with Crippen molar-refractivity contribution in [1.82, 2.24) is 14.5 Å². The van der Waals surface area contributed by atoms with Crippen molar-refractivity contribution in [3.63, 3.8) is 0 Å². The number of rotatable bonds is 3. The third-order valence-electron chi connectivity index (χ3n) is 4.54. The maximum atomic E-state index is 12.5. The molecular formula is C17H19ClN4O5S. The van der Waals surface area contributed by atoms with Crippen molar-refractivity contribution in [2.24, 2.45) is 4.99 Å². The zero-order valence-electron chi connectivity index (χ0n) is 15.1. The lowest BCUT2D eigenvalue weighted by Crippen LogP contribution is -2.58. The number of hydrogen-bond acceptors (Lipinski definition) is 6. The van der Waals surface area contributed by atoms with Crippen molar-refractivity contribution < 1.29 is 22.8 Å². The van der Waals surface area contributed by atoms with E-state index < -0.39 is 33.7 Å². The minimum atomic E-state index is -3.66. The van der Waals surface area contributed by atoms with Gasteiger partial charge in [-0.3, -0.25) is 19.3 Å². The highest BCUT2D eigenvalue weighted by molar-refractivity contribution is 7.89. The number of carbonyl (C=O) groups is 3. The Bertz CT molecular complexity index is 962. The van der Waals surface area contributed by atoms with Gasteiger partial charge in [0.05, 0.1) is 5.75 Å². The number of ketones is 1. The Morgan fingerprint density at radius 1 is 1.29 bits per heavy atom.